The lowest BCUT2D eigenvalue weighted by Crippen LogP contribution is -2.43. The van der Waals surface area contributed by atoms with Crippen LogP contribution in [0.3, 0.4) is 0 Å². The highest BCUT2D eigenvalue weighted by atomic mass is 16.3. The standard InChI is InChI=1S/C16H20N2O3/c1-11(10-19)18-15(20)13-8-17(9-14(13)16(18)21)7-12-5-3-2-4-6-12/h2-6,11,13-14,19H,7-10H2,1H3/t11?,13-,14+. The summed E-state index contributed by atoms with van der Waals surface area (Å²) < 4.78 is 0. The Bertz CT molecular complexity index is 522. The number of hydrogen-bond acceptors (Lipinski definition) is 4. The molecular formula is C16H20N2O3. The second-order valence-corrected chi connectivity index (χ2v) is 5.97. The van der Waals surface area contributed by atoms with E-state index in [2.05, 4.69) is 17.0 Å². The van der Waals surface area contributed by atoms with Gasteiger partial charge in [0, 0.05) is 19.6 Å². The van der Waals surface area contributed by atoms with Crippen molar-refractivity contribution in [2.24, 2.45) is 11.8 Å². The lowest BCUT2D eigenvalue weighted by atomic mass is 10.00. The van der Waals surface area contributed by atoms with Gasteiger partial charge in [-0.25, -0.2) is 0 Å². The summed E-state index contributed by atoms with van der Waals surface area (Å²) in [6, 6.07) is 9.65. The first-order valence-corrected chi connectivity index (χ1v) is 7.36. The minimum atomic E-state index is -0.418. The van der Waals surface area contributed by atoms with Crippen molar-refractivity contribution in [1.29, 1.82) is 0 Å². The molecular weight excluding hydrogens is 268 g/mol. The van der Waals surface area contributed by atoms with Gasteiger partial charge in [0.1, 0.15) is 0 Å². The zero-order valence-corrected chi connectivity index (χ0v) is 12.1. The fourth-order valence-electron chi connectivity index (χ4n) is 3.34. The molecule has 3 rings (SSSR count). The Kier molecular flexibility index (Phi) is 3.78. The van der Waals surface area contributed by atoms with Crippen LogP contribution in [-0.4, -0.2) is 52.5 Å². The van der Waals surface area contributed by atoms with Crippen LogP contribution >= 0.6 is 0 Å². The van der Waals surface area contributed by atoms with Crippen LogP contribution in [0.4, 0.5) is 0 Å². The molecule has 2 amide bonds. The van der Waals surface area contributed by atoms with Crippen molar-refractivity contribution in [3.63, 3.8) is 0 Å². The Hall–Kier alpha value is -1.72. The Morgan fingerprint density at radius 3 is 2.24 bits per heavy atom. The summed E-state index contributed by atoms with van der Waals surface area (Å²) in [5.41, 5.74) is 1.19. The first-order chi connectivity index (χ1) is 10.1. The monoisotopic (exact) mass is 288 g/mol. The molecule has 1 unspecified atom stereocenters. The predicted octanol–water partition coefficient (Wildman–Crippen LogP) is 0.484. The highest BCUT2D eigenvalue weighted by molar-refractivity contribution is 6.06. The number of imide groups is 1. The fourth-order valence-corrected chi connectivity index (χ4v) is 3.34. The maximum atomic E-state index is 12.4. The van der Waals surface area contributed by atoms with Gasteiger partial charge in [-0.2, -0.15) is 0 Å². The molecule has 0 saturated carbocycles. The van der Waals surface area contributed by atoms with Crippen LogP contribution < -0.4 is 0 Å². The molecule has 3 atom stereocenters. The first-order valence-electron chi connectivity index (χ1n) is 7.36. The molecule has 5 nitrogen and oxygen atoms in total. The maximum absolute atomic E-state index is 12.4. The third-order valence-corrected chi connectivity index (χ3v) is 4.46. The normalized spacial score (nSPS) is 27.2. The van der Waals surface area contributed by atoms with E-state index in [1.807, 2.05) is 18.2 Å². The second kappa shape index (κ2) is 5.58. The van der Waals surface area contributed by atoms with E-state index in [1.54, 1.807) is 6.92 Å². The van der Waals surface area contributed by atoms with Gasteiger partial charge in [0.15, 0.2) is 0 Å². The van der Waals surface area contributed by atoms with Gasteiger partial charge in [-0.3, -0.25) is 19.4 Å². The summed E-state index contributed by atoms with van der Waals surface area (Å²) in [6.45, 7) is 3.55. The zero-order valence-electron chi connectivity index (χ0n) is 12.1. The number of aliphatic hydroxyl groups is 1. The zero-order chi connectivity index (χ0) is 15.0. The number of fused-ring (bicyclic) bond motifs is 1. The van der Waals surface area contributed by atoms with Gasteiger partial charge in [-0.15, -0.1) is 0 Å². The number of carbonyl (C=O) groups is 2. The third-order valence-electron chi connectivity index (χ3n) is 4.46. The molecule has 112 valence electrons. The minimum absolute atomic E-state index is 0.123. The van der Waals surface area contributed by atoms with E-state index in [-0.39, 0.29) is 30.3 Å². The summed E-state index contributed by atoms with van der Waals surface area (Å²) in [5.74, 6) is -0.727. The van der Waals surface area contributed by atoms with E-state index in [4.69, 9.17) is 0 Å². The maximum Gasteiger partial charge on any atom is 0.234 e. The number of aliphatic hydroxyl groups excluding tert-OH is 1. The molecule has 0 spiro atoms. The highest BCUT2D eigenvalue weighted by Gasteiger charge is 2.53. The Morgan fingerprint density at radius 1 is 1.14 bits per heavy atom. The molecule has 21 heavy (non-hydrogen) atoms. The van der Waals surface area contributed by atoms with Gasteiger partial charge in [0.2, 0.25) is 11.8 Å². The number of nitrogens with zero attached hydrogens (tertiary/aromatic N) is 2. The van der Waals surface area contributed by atoms with Gasteiger partial charge < -0.3 is 5.11 Å². The van der Waals surface area contributed by atoms with Crippen molar-refractivity contribution in [2.45, 2.75) is 19.5 Å². The fraction of sp³-hybridized carbons (Fsp3) is 0.500. The SMILES string of the molecule is CC(CO)N1C(=O)[C@H]2CN(Cc3ccccc3)C[C@H]2C1=O. The van der Waals surface area contributed by atoms with Gasteiger partial charge in [-0.1, -0.05) is 30.3 Å². The summed E-state index contributed by atoms with van der Waals surface area (Å²) in [7, 11) is 0. The van der Waals surface area contributed by atoms with Crippen molar-refractivity contribution in [2.75, 3.05) is 19.7 Å². The molecule has 2 aliphatic heterocycles. The second-order valence-electron chi connectivity index (χ2n) is 5.97. The molecule has 2 heterocycles. The van der Waals surface area contributed by atoms with Crippen molar-refractivity contribution >= 4 is 11.8 Å². The Morgan fingerprint density at radius 2 is 1.71 bits per heavy atom. The predicted molar refractivity (Wildman–Crippen MR) is 77.1 cm³/mol. The molecule has 0 radical (unpaired) electrons. The van der Waals surface area contributed by atoms with E-state index >= 15 is 0 Å². The number of carbonyl (C=O) groups excluding carboxylic acids is 2. The number of amides is 2. The lowest BCUT2D eigenvalue weighted by molar-refractivity contribution is -0.144. The van der Waals surface area contributed by atoms with Crippen LogP contribution in [0.2, 0.25) is 0 Å². The number of rotatable bonds is 4. The van der Waals surface area contributed by atoms with E-state index in [0.717, 1.165) is 6.54 Å². The van der Waals surface area contributed by atoms with Crippen molar-refractivity contribution in [1.82, 2.24) is 9.80 Å². The van der Waals surface area contributed by atoms with Gasteiger partial charge in [0.25, 0.3) is 0 Å². The Labute approximate surface area is 124 Å². The molecule has 0 aromatic heterocycles. The van der Waals surface area contributed by atoms with Crippen molar-refractivity contribution in [3.05, 3.63) is 35.9 Å². The molecule has 1 N–H and O–H groups in total. The summed E-state index contributed by atoms with van der Waals surface area (Å²) in [6.07, 6.45) is 0. The van der Waals surface area contributed by atoms with E-state index in [1.165, 1.54) is 10.5 Å². The van der Waals surface area contributed by atoms with Gasteiger partial charge in [0.05, 0.1) is 24.5 Å². The van der Waals surface area contributed by atoms with E-state index in [0.29, 0.717) is 13.1 Å². The van der Waals surface area contributed by atoms with Crippen molar-refractivity contribution in [3.8, 4) is 0 Å². The van der Waals surface area contributed by atoms with Crippen LogP contribution in [0.25, 0.3) is 0 Å². The minimum Gasteiger partial charge on any atom is -0.394 e. The molecule has 2 saturated heterocycles. The van der Waals surface area contributed by atoms with Gasteiger partial charge in [-0.05, 0) is 12.5 Å². The largest absolute Gasteiger partial charge is 0.394 e. The Balaban J connectivity index is 1.69. The smallest absolute Gasteiger partial charge is 0.234 e. The van der Waals surface area contributed by atoms with E-state index < -0.39 is 6.04 Å². The van der Waals surface area contributed by atoms with Crippen LogP contribution in [0.5, 0.6) is 0 Å². The number of benzene rings is 1. The molecule has 2 aliphatic rings. The quantitative estimate of drug-likeness (QED) is 0.819. The summed E-state index contributed by atoms with van der Waals surface area (Å²) in [5, 5.41) is 9.18. The summed E-state index contributed by atoms with van der Waals surface area (Å²) >= 11 is 0. The number of likely N-dealkylation sites (tertiary alicyclic amines) is 2. The molecule has 1 aromatic carbocycles. The molecule has 2 fully saturated rings. The molecule has 0 bridgehead atoms. The topological polar surface area (TPSA) is 60.9 Å². The lowest BCUT2D eigenvalue weighted by Gasteiger charge is -2.24. The summed E-state index contributed by atoms with van der Waals surface area (Å²) in [4.78, 5) is 28.2. The third kappa shape index (κ3) is 2.47. The first kappa shape index (κ1) is 14.2. The van der Waals surface area contributed by atoms with Crippen LogP contribution in [0.1, 0.15) is 12.5 Å². The van der Waals surface area contributed by atoms with Gasteiger partial charge >= 0.3 is 0 Å². The average Bonchev–Trinajstić information content (AvgIpc) is 3.00. The van der Waals surface area contributed by atoms with Crippen LogP contribution in [0, 0.1) is 11.8 Å². The van der Waals surface area contributed by atoms with E-state index in [9.17, 15) is 14.7 Å². The molecule has 5 heteroatoms. The number of hydrogen-bond donors (Lipinski definition) is 1. The highest BCUT2D eigenvalue weighted by Crippen LogP contribution is 2.35. The van der Waals surface area contributed by atoms with Crippen LogP contribution in [0.15, 0.2) is 30.3 Å². The van der Waals surface area contributed by atoms with Crippen LogP contribution in [-0.2, 0) is 16.1 Å². The average molecular weight is 288 g/mol. The molecule has 0 aliphatic carbocycles. The van der Waals surface area contributed by atoms with Crippen molar-refractivity contribution < 1.29 is 14.7 Å². The molecule has 1 aromatic rings.